The lowest BCUT2D eigenvalue weighted by molar-refractivity contribution is -0.145. The van der Waals surface area contributed by atoms with E-state index in [2.05, 4.69) is 19.6 Å². The highest BCUT2D eigenvalue weighted by Crippen LogP contribution is 2.33. The average Bonchev–Trinajstić information content (AvgIpc) is 3.64. The summed E-state index contributed by atoms with van der Waals surface area (Å²) in [6, 6.07) is 20.8. The number of esters is 3. The van der Waals surface area contributed by atoms with Crippen LogP contribution in [0.2, 0.25) is 0 Å². The molecule has 11 heteroatoms. The minimum absolute atomic E-state index is 0.275. The van der Waals surface area contributed by atoms with E-state index in [0.717, 1.165) is 71.5 Å². The fourth-order valence-electron chi connectivity index (χ4n) is 6.36. The topological polar surface area (TPSA) is 117 Å². The summed E-state index contributed by atoms with van der Waals surface area (Å²) in [6.07, 6.45) is 13.3. The molecule has 0 saturated heterocycles. The first-order chi connectivity index (χ1) is 26.8. The first kappa shape index (κ1) is 41.1. The SMILES string of the molecule is C=CC(=O)OCCCCCCOc1ccc(OC(=O)C2CCC(C(=O)Oc3ccc(C)c(/C=N/N(CCCCCC)c4nc5ccccc5s4)c3)CC2)cc1. The molecule has 3 aromatic carbocycles. The van der Waals surface area contributed by atoms with E-state index in [1.807, 2.05) is 54.5 Å². The number of aromatic nitrogens is 1. The van der Waals surface area contributed by atoms with Gasteiger partial charge in [-0.15, -0.1) is 0 Å². The van der Waals surface area contributed by atoms with E-state index < -0.39 is 5.97 Å². The molecule has 0 bridgehead atoms. The minimum atomic E-state index is -0.393. The predicted molar refractivity (Wildman–Crippen MR) is 218 cm³/mol. The van der Waals surface area contributed by atoms with Crippen LogP contribution in [0, 0.1) is 18.8 Å². The number of para-hydroxylation sites is 1. The summed E-state index contributed by atoms with van der Waals surface area (Å²) in [4.78, 5) is 42.1. The summed E-state index contributed by atoms with van der Waals surface area (Å²) < 4.78 is 23.5. The lowest BCUT2D eigenvalue weighted by atomic mass is 9.82. The zero-order chi connectivity index (χ0) is 38.8. The number of rotatable bonds is 21. The van der Waals surface area contributed by atoms with Gasteiger partial charge < -0.3 is 18.9 Å². The second-order valence-electron chi connectivity index (χ2n) is 13.9. The van der Waals surface area contributed by atoms with Crippen LogP contribution in [0.5, 0.6) is 17.2 Å². The van der Waals surface area contributed by atoms with Crippen LogP contribution in [-0.2, 0) is 19.1 Å². The van der Waals surface area contributed by atoms with Crippen LogP contribution in [-0.4, -0.2) is 48.9 Å². The van der Waals surface area contributed by atoms with Gasteiger partial charge in [0.1, 0.15) is 17.2 Å². The molecule has 0 N–H and O–H groups in total. The highest BCUT2D eigenvalue weighted by atomic mass is 32.1. The Kier molecular flexibility index (Phi) is 16.3. The molecule has 0 unspecified atom stereocenters. The summed E-state index contributed by atoms with van der Waals surface area (Å²) in [6.45, 7) is 9.34. The first-order valence-corrected chi connectivity index (χ1v) is 20.4. The molecule has 1 fully saturated rings. The highest BCUT2D eigenvalue weighted by molar-refractivity contribution is 7.22. The van der Waals surface area contributed by atoms with Gasteiger partial charge in [-0.1, -0.05) is 62.3 Å². The Morgan fingerprint density at radius 1 is 0.818 bits per heavy atom. The van der Waals surface area contributed by atoms with Crippen LogP contribution >= 0.6 is 11.3 Å². The van der Waals surface area contributed by atoms with E-state index in [1.54, 1.807) is 35.6 Å². The molecule has 0 atom stereocenters. The Morgan fingerprint density at radius 3 is 2.15 bits per heavy atom. The molecule has 1 aliphatic rings. The molecular weight excluding hydrogens is 715 g/mol. The molecule has 292 valence electrons. The zero-order valence-electron chi connectivity index (χ0n) is 32.1. The van der Waals surface area contributed by atoms with Crippen molar-refractivity contribution in [2.24, 2.45) is 16.9 Å². The molecular formula is C44H53N3O7S. The molecule has 55 heavy (non-hydrogen) atoms. The van der Waals surface area contributed by atoms with Gasteiger partial charge in [0.2, 0.25) is 5.13 Å². The molecule has 1 saturated carbocycles. The van der Waals surface area contributed by atoms with Gasteiger partial charge in [0, 0.05) is 18.2 Å². The third-order valence-corrected chi connectivity index (χ3v) is 10.7. The number of hydrogen-bond donors (Lipinski definition) is 0. The highest BCUT2D eigenvalue weighted by Gasteiger charge is 2.32. The Morgan fingerprint density at radius 2 is 1.45 bits per heavy atom. The summed E-state index contributed by atoms with van der Waals surface area (Å²) in [5, 5.41) is 7.71. The standard InChI is InChI=1S/C44H53N3O7S/c1-4-6-7-12-27-47(44-46-39-15-10-11-16-40(39)55-44)45-31-35-30-38(22-17-32(35)3)54-43(50)34-20-18-33(19-21-34)42(49)53-37-25-23-36(24-26-37)51-28-13-8-9-14-29-52-41(48)5-2/h5,10-11,15-17,22-26,30-31,33-34H,2,4,6-9,12-14,18-21,27-29H2,1,3H3/b45-31+. The number of anilines is 1. The molecule has 5 rings (SSSR count). The van der Waals surface area contributed by atoms with Gasteiger partial charge in [-0.05, 0) is 119 Å². The van der Waals surface area contributed by atoms with Crippen LogP contribution in [0.15, 0.2) is 84.5 Å². The molecule has 0 radical (unpaired) electrons. The van der Waals surface area contributed by atoms with E-state index in [-0.39, 0.29) is 23.8 Å². The number of carbonyl (C=O) groups excluding carboxylic acids is 3. The van der Waals surface area contributed by atoms with Crippen molar-refractivity contribution >= 4 is 50.8 Å². The van der Waals surface area contributed by atoms with Crippen molar-refractivity contribution in [3.05, 3.63) is 90.5 Å². The number of hydrogen-bond acceptors (Lipinski definition) is 11. The Hall–Kier alpha value is -5.03. The van der Waals surface area contributed by atoms with Crippen molar-refractivity contribution < 1.29 is 33.3 Å². The van der Waals surface area contributed by atoms with Crippen molar-refractivity contribution in [1.29, 1.82) is 0 Å². The molecule has 10 nitrogen and oxygen atoms in total. The maximum Gasteiger partial charge on any atom is 0.330 e. The lowest BCUT2D eigenvalue weighted by Gasteiger charge is -2.25. The van der Waals surface area contributed by atoms with Crippen LogP contribution in [0.1, 0.15) is 95.1 Å². The molecule has 0 aliphatic heterocycles. The van der Waals surface area contributed by atoms with E-state index >= 15 is 0 Å². The van der Waals surface area contributed by atoms with Gasteiger partial charge in [-0.2, -0.15) is 5.10 Å². The largest absolute Gasteiger partial charge is 0.494 e. The minimum Gasteiger partial charge on any atom is -0.494 e. The number of fused-ring (bicyclic) bond motifs is 1. The number of nitrogens with zero attached hydrogens (tertiary/aromatic N) is 3. The van der Waals surface area contributed by atoms with Crippen molar-refractivity contribution in [2.45, 2.75) is 90.9 Å². The number of carbonyl (C=O) groups is 3. The summed E-state index contributed by atoms with van der Waals surface area (Å²) in [5.41, 5.74) is 2.86. The molecule has 4 aromatic rings. The maximum atomic E-state index is 13.2. The van der Waals surface area contributed by atoms with Crippen LogP contribution in [0.3, 0.4) is 0 Å². The number of aryl methyl sites for hydroxylation is 1. The predicted octanol–water partition coefficient (Wildman–Crippen LogP) is 10.0. The first-order valence-electron chi connectivity index (χ1n) is 19.6. The van der Waals surface area contributed by atoms with Gasteiger partial charge in [-0.3, -0.25) is 9.59 Å². The zero-order valence-corrected chi connectivity index (χ0v) is 32.9. The summed E-state index contributed by atoms with van der Waals surface area (Å²) >= 11 is 1.63. The monoisotopic (exact) mass is 767 g/mol. The van der Waals surface area contributed by atoms with E-state index in [4.69, 9.17) is 29.0 Å². The number of unbranched alkanes of at least 4 members (excludes halogenated alkanes) is 6. The fourth-order valence-corrected chi connectivity index (χ4v) is 7.31. The lowest BCUT2D eigenvalue weighted by Crippen LogP contribution is -2.30. The summed E-state index contributed by atoms with van der Waals surface area (Å²) in [7, 11) is 0. The average molecular weight is 768 g/mol. The number of hydrazone groups is 1. The van der Waals surface area contributed by atoms with Crippen molar-refractivity contribution in [1.82, 2.24) is 4.98 Å². The van der Waals surface area contributed by atoms with Crippen molar-refractivity contribution in [3.63, 3.8) is 0 Å². The molecule has 1 aliphatic carbocycles. The second-order valence-corrected chi connectivity index (χ2v) is 14.9. The van der Waals surface area contributed by atoms with Gasteiger partial charge in [0.15, 0.2) is 0 Å². The molecule has 0 spiro atoms. The van der Waals surface area contributed by atoms with E-state index in [1.165, 1.54) is 18.9 Å². The van der Waals surface area contributed by atoms with E-state index in [9.17, 15) is 14.4 Å². The number of thiazole rings is 1. The summed E-state index contributed by atoms with van der Waals surface area (Å²) in [5.74, 6) is 0.124. The molecule has 1 aromatic heterocycles. The number of benzene rings is 3. The second kappa shape index (κ2) is 21.8. The van der Waals surface area contributed by atoms with Gasteiger partial charge in [0.05, 0.1) is 41.5 Å². The smallest absolute Gasteiger partial charge is 0.330 e. The Bertz CT molecular complexity index is 1850. The van der Waals surface area contributed by atoms with E-state index in [0.29, 0.717) is 56.1 Å². The fraction of sp³-hybridized carbons (Fsp3) is 0.432. The normalized spacial score (nSPS) is 15.5. The van der Waals surface area contributed by atoms with Gasteiger partial charge in [-0.25, -0.2) is 14.8 Å². The third kappa shape index (κ3) is 13.1. The Labute approximate surface area is 328 Å². The quantitative estimate of drug-likeness (QED) is 0.0204. The number of ether oxygens (including phenoxy) is 4. The van der Waals surface area contributed by atoms with Gasteiger partial charge >= 0.3 is 17.9 Å². The van der Waals surface area contributed by atoms with Crippen LogP contribution in [0.4, 0.5) is 5.13 Å². The molecule has 0 amide bonds. The third-order valence-electron chi connectivity index (χ3n) is 9.69. The molecule has 1 heterocycles. The Balaban J connectivity index is 1.06. The van der Waals surface area contributed by atoms with Crippen molar-refractivity contribution in [2.75, 3.05) is 24.8 Å². The van der Waals surface area contributed by atoms with Crippen LogP contribution in [0.25, 0.3) is 10.2 Å². The van der Waals surface area contributed by atoms with Gasteiger partial charge in [0.25, 0.3) is 0 Å². The maximum absolute atomic E-state index is 13.2. The van der Waals surface area contributed by atoms with Crippen LogP contribution < -0.4 is 19.2 Å². The van der Waals surface area contributed by atoms with Crippen molar-refractivity contribution in [3.8, 4) is 17.2 Å².